The number of nitrogens with zero attached hydrogens (tertiary/aromatic N) is 7. The Bertz CT molecular complexity index is 1350. The highest BCUT2D eigenvalue weighted by molar-refractivity contribution is 5.98. The lowest BCUT2D eigenvalue weighted by molar-refractivity contribution is 0.153. The number of anilines is 4. The molecular weight excluding hydrogens is 456 g/mol. The molecule has 10 nitrogen and oxygen atoms in total. The molecule has 6 rings (SSSR count). The molecule has 2 aliphatic rings. The monoisotopic (exact) mass is 486 g/mol. The fourth-order valence-electron chi connectivity index (χ4n) is 5.12. The van der Waals surface area contributed by atoms with Gasteiger partial charge in [-0.05, 0) is 47.9 Å². The van der Waals surface area contributed by atoms with Gasteiger partial charge in [-0.1, -0.05) is 19.9 Å². The summed E-state index contributed by atoms with van der Waals surface area (Å²) in [5, 5.41) is 23.6. The number of piperidine rings is 1. The van der Waals surface area contributed by atoms with Crippen molar-refractivity contribution >= 4 is 34.0 Å². The van der Waals surface area contributed by atoms with Gasteiger partial charge in [0.05, 0.1) is 12.0 Å². The third-order valence-corrected chi connectivity index (χ3v) is 7.06. The summed E-state index contributed by atoms with van der Waals surface area (Å²) in [7, 11) is 0. The van der Waals surface area contributed by atoms with Crippen LogP contribution in [0.25, 0.3) is 10.8 Å². The van der Waals surface area contributed by atoms with Crippen LogP contribution in [0.15, 0.2) is 47.5 Å². The van der Waals surface area contributed by atoms with E-state index in [1.54, 1.807) is 6.20 Å². The molecule has 1 aromatic carbocycles. The molecule has 0 aliphatic carbocycles. The van der Waals surface area contributed by atoms with Crippen molar-refractivity contribution in [3.8, 4) is 0 Å². The minimum atomic E-state index is -0.335. The molecule has 36 heavy (non-hydrogen) atoms. The Morgan fingerprint density at radius 1 is 1.06 bits per heavy atom. The van der Waals surface area contributed by atoms with E-state index in [-0.39, 0.29) is 12.0 Å². The summed E-state index contributed by atoms with van der Waals surface area (Å²) in [4.78, 5) is 18.2. The molecule has 0 radical (unpaired) electrons. The number of aromatic nitrogens is 5. The summed E-state index contributed by atoms with van der Waals surface area (Å²) < 4.78 is 5.39. The largest absolute Gasteiger partial charge is 0.428 e. The molecule has 10 heteroatoms. The Morgan fingerprint density at radius 2 is 1.94 bits per heavy atom. The van der Waals surface area contributed by atoms with Crippen LogP contribution < -0.4 is 15.1 Å². The summed E-state index contributed by atoms with van der Waals surface area (Å²) in [6.45, 7) is 7.50. The molecule has 1 atom stereocenters. The Labute approximate surface area is 209 Å². The summed E-state index contributed by atoms with van der Waals surface area (Å²) >= 11 is 0. The van der Waals surface area contributed by atoms with E-state index in [0.717, 1.165) is 49.4 Å². The van der Waals surface area contributed by atoms with Gasteiger partial charge in [0.15, 0.2) is 0 Å². The number of benzene rings is 1. The van der Waals surface area contributed by atoms with Crippen LogP contribution in [-0.2, 0) is 0 Å². The smallest absolute Gasteiger partial charge is 0.227 e. The highest BCUT2D eigenvalue weighted by Crippen LogP contribution is 2.38. The molecule has 3 aromatic heterocycles. The first-order valence-electron chi connectivity index (χ1n) is 12.5. The first-order valence-corrected chi connectivity index (χ1v) is 12.5. The molecule has 4 aromatic rings. The normalized spacial score (nSPS) is 18.6. The topological polar surface area (TPSA) is 116 Å². The molecule has 2 N–H and O–H groups in total. The quantitative estimate of drug-likeness (QED) is 0.416. The van der Waals surface area contributed by atoms with Gasteiger partial charge in [-0.3, -0.25) is 0 Å². The molecule has 0 spiro atoms. The number of β-amino-alcohol motifs (C(OH)–C–C–N with tert-alkyl or cyclic N) is 1. The van der Waals surface area contributed by atoms with E-state index in [9.17, 15) is 5.11 Å². The van der Waals surface area contributed by atoms with Crippen LogP contribution in [0.3, 0.4) is 0 Å². The van der Waals surface area contributed by atoms with Crippen LogP contribution in [-0.4, -0.2) is 62.5 Å². The number of pyridine rings is 1. The zero-order chi connectivity index (χ0) is 24.6. The van der Waals surface area contributed by atoms with E-state index in [1.807, 2.05) is 17.2 Å². The summed E-state index contributed by atoms with van der Waals surface area (Å²) in [6, 6.07) is 8.36. The minimum Gasteiger partial charge on any atom is -0.428 e. The van der Waals surface area contributed by atoms with Gasteiger partial charge in [0, 0.05) is 49.6 Å². The second-order valence-corrected chi connectivity index (χ2v) is 9.93. The van der Waals surface area contributed by atoms with Crippen LogP contribution in [0, 0.1) is 0 Å². The van der Waals surface area contributed by atoms with Gasteiger partial charge < -0.3 is 24.6 Å². The number of hydrogen-bond donors (Lipinski definition) is 2. The molecule has 2 saturated heterocycles. The standard InChI is InChI=1S/C26H30N8O2/c1-16(2)19-5-6-22(34-12-17(13-34)25-32-29-15-36-25)21-11-28-24(10-20(19)21)30-23-7-8-27-26(31-23)33-9-3-4-18(35)14-33/h5-8,10-11,15-18,35H,3-4,9,12-14H2,1-2H3,(H,27,28,30,31). The lowest BCUT2D eigenvalue weighted by Crippen LogP contribution is -2.45. The SMILES string of the molecule is CC(C)c1ccc(N2CC(c3nnco3)C2)c2cnc(Nc3ccnc(N4CCCC(O)C4)n3)cc12. The average Bonchev–Trinajstić information content (AvgIpc) is 3.37. The fraction of sp³-hybridized carbons (Fsp3) is 0.423. The zero-order valence-electron chi connectivity index (χ0n) is 20.5. The number of aliphatic hydroxyl groups excluding tert-OH is 1. The van der Waals surface area contributed by atoms with Crippen molar-refractivity contribution in [2.24, 2.45) is 0 Å². The van der Waals surface area contributed by atoms with E-state index < -0.39 is 0 Å². The van der Waals surface area contributed by atoms with Crippen LogP contribution in [0.4, 0.5) is 23.3 Å². The Hall–Kier alpha value is -3.79. The third-order valence-electron chi connectivity index (χ3n) is 7.06. The fourth-order valence-corrected chi connectivity index (χ4v) is 5.12. The van der Waals surface area contributed by atoms with Crippen molar-refractivity contribution < 1.29 is 9.52 Å². The first-order chi connectivity index (χ1) is 17.5. The summed E-state index contributed by atoms with van der Waals surface area (Å²) in [5.41, 5.74) is 2.44. The predicted molar refractivity (Wildman–Crippen MR) is 138 cm³/mol. The second-order valence-electron chi connectivity index (χ2n) is 9.93. The van der Waals surface area contributed by atoms with Crippen LogP contribution in [0.5, 0.6) is 0 Å². The van der Waals surface area contributed by atoms with Gasteiger partial charge >= 0.3 is 0 Å². The van der Waals surface area contributed by atoms with E-state index in [1.165, 1.54) is 17.3 Å². The lowest BCUT2D eigenvalue weighted by Gasteiger charge is -2.40. The molecule has 2 fully saturated rings. The van der Waals surface area contributed by atoms with Crippen LogP contribution >= 0.6 is 0 Å². The van der Waals surface area contributed by atoms with E-state index >= 15 is 0 Å². The second kappa shape index (κ2) is 9.34. The first kappa shape index (κ1) is 22.7. The van der Waals surface area contributed by atoms with Crippen LogP contribution in [0.1, 0.15) is 50.0 Å². The van der Waals surface area contributed by atoms with E-state index in [4.69, 9.17) is 9.40 Å². The highest BCUT2D eigenvalue weighted by Gasteiger charge is 2.33. The van der Waals surface area contributed by atoms with Gasteiger partial charge in [-0.25, -0.2) is 9.97 Å². The number of nitrogens with one attached hydrogen (secondary N) is 1. The molecule has 0 amide bonds. The summed E-state index contributed by atoms with van der Waals surface area (Å²) in [5.74, 6) is 3.36. The minimum absolute atomic E-state index is 0.259. The lowest BCUT2D eigenvalue weighted by atomic mass is 9.93. The predicted octanol–water partition coefficient (Wildman–Crippen LogP) is 3.84. The molecular formula is C26H30N8O2. The zero-order valence-corrected chi connectivity index (χ0v) is 20.5. The maximum atomic E-state index is 10.0. The van der Waals surface area contributed by atoms with E-state index in [0.29, 0.717) is 30.1 Å². The molecule has 0 saturated carbocycles. The molecule has 2 aliphatic heterocycles. The van der Waals surface area contributed by atoms with E-state index in [2.05, 4.69) is 62.4 Å². The van der Waals surface area contributed by atoms with Gasteiger partial charge in [-0.15, -0.1) is 10.2 Å². The van der Waals surface area contributed by atoms with Crippen LogP contribution in [0.2, 0.25) is 0 Å². The van der Waals surface area contributed by atoms with Crippen molar-refractivity contribution in [1.82, 2.24) is 25.1 Å². The van der Waals surface area contributed by atoms with Gasteiger partial charge in [-0.2, -0.15) is 4.98 Å². The molecule has 5 heterocycles. The number of hydrogen-bond acceptors (Lipinski definition) is 10. The van der Waals surface area contributed by atoms with Crippen molar-refractivity contribution in [3.63, 3.8) is 0 Å². The maximum Gasteiger partial charge on any atom is 0.227 e. The molecule has 1 unspecified atom stereocenters. The molecule has 186 valence electrons. The number of rotatable bonds is 6. The Morgan fingerprint density at radius 3 is 2.72 bits per heavy atom. The van der Waals surface area contributed by atoms with Gasteiger partial charge in [0.1, 0.15) is 11.6 Å². The van der Waals surface area contributed by atoms with Crippen molar-refractivity contribution in [2.75, 3.05) is 41.3 Å². The Balaban J connectivity index is 1.27. The molecule has 0 bridgehead atoms. The average molecular weight is 487 g/mol. The number of aliphatic hydroxyl groups is 1. The van der Waals surface area contributed by atoms with Gasteiger partial charge in [0.2, 0.25) is 18.2 Å². The van der Waals surface area contributed by atoms with Crippen molar-refractivity contribution in [3.05, 3.63) is 54.5 Å². The highest BCUT2D eigenvalue weighted by atomic mass is 16.4. The third kappa shape index (κ3) is 4.32. The van der Waals surface area contributed by atoms with Crippen molar-refractivity contribution in [1.29, 1.82) is 0 Å². The Kier molecular flexibility index (Phi) is 5.88. The maximum absolute atomic E-state index is 10.0. The van der Waals surface area contributed by atoms with Crippen molar-refractivity contribution in [2.45, 2.75) is 44.6 Å². The number of fused-ring (bicyclic) bond motifs is 1. The van der Waals surface area contributed by atoms with Gasteiger partial charge in [0.25, 0.3) is 0 Å². The summed E-state index contributed by atoms with van der Waals surface area (Å²) in [6.07, 6.45) is 6.50.